The monoisotopic (exact) mass is 372 g/mol. The normalized spacial score (nSPS) is 17.3. The molecule has 0 amide bonds. The number of ether oxygens (including phenoxy) is 2. The van der Waals surface area contributed by atoms with Crippen LogP contribution in [0.15, 0.2) is 35.7 Å². The minimum atomic E-state index is -4.72. The van der Waals surface area contributed by atoms with Crippen LogP contribution in [0.25, 0.3) is 0 Å². The molecule has 1 aliphatic rings. The van der Waals surface area contributed by atoms with Crippen LogP contribution in [0, 0.1) is 0 Å². The first-order valence-electron chi connectivity index (χ1n) is 7.90. The summed E-state index contributed by atoms with van der Waals surface area (Å²) in [6.07, 6.45) is -4.72. The SMILES string of the molecule is COc1ccc(OC(F)(F)F)cc1[C@H](c1cccs1)N1CCNCC1. The van der Waals surface area contributed by atoms with Crippen molar-refractivity contribution in [1.29, 1.82) is 0 Å². The Morgan fingerprint density at radius 2 is 1.96 bits per heavy atom. The molecule has 0 unspecified atom stereocenters. The summed E-state index contributed by atoms with van der Waals surface area (Å²) in [5.41, 5.74) is 0.675. The third-order valence-corrected chi connectivity index (χ3v) is 4.98. The molecule has 1 atom stereocenters. The van der Waals surface area contributed by atoms with Gasteiger partial charge in [0.1, 0.15) is 11.5 Å². The van der Waals surface area contributed by atoms with Crippen LogP contribution in [0.1, 0.15) is 16.5 Å². The third-order valence-electron chi connectivity index (χ3n) is 4.06. The molecule has 1 fully saturated rings. The molecule has 0 saturated carbocycles. The minimum absolute atomic E-state index is 0.172. The summed E-state index contributed by atoms with van der Waals surface area (Å²) in [4.78, 5) is 3.31. The number of alkyl halides is 3. The molecule has 4 nitrogen and oxygen atoms in total. The Bertz CT molecular complexity index is 686. The first kappa shape index (κ1) is 18.0. The van der Waals surface area contributed by atoms with E-state index in [0.717, 1.165) is 31.1 Å². The van der Waals surface area contributed by atoms with Crippen LogP contribution in [0.3, 0.4) is 0 Å². The molecule has 1 aromatic carbocycles. The van der Waals surface area contributed by atoms with Crippen molar-refractivity contribution in [3.8, 4) is 11.5 Å². The average molecular weight is 372 g/mol. The van der Waals surface area contributed by atoms with Crippen molar-refractivity contribution < 1.29 is 22.6 Å². The highest BCUT2D eigenvalue weighted by atomic mass is 32.1. The molecular formula is C17H19F3N2O2S. The summed E-state index contributed by atoms with van der Waals surface area (Å²) < 4.78 is 47.4. The molecule has 0 aliphatic carbocycles. The smallest absolute Gasteiger partial charge is 0.496 e. The number of piperazine rings is 1. The maximum absolute atomic E-state index is 12.6. The molecule has 0 spiro atoms. The molecule has 0 radical (unpaired) electrons. The number of hydrogen-bond acceptors (Lipinski definition) is 5. The zero-order valence-corrected chi connectivity index (χ0v) is 14.5. The maximum Gasteiger partial charge on any atom is 0.573 e. The number of thiophene rings is 1. The van der Waals surface area contributed by atoms with E-state index in [1.165, 1.54) is 25.3 Å². The van der Waals surface area contributed by atoms with Gasteiger partial charge in [-0.3, -0.25) is 4.90 Å². The number of halogens is 3. The number of benzene rings is 1. The summed E-state index contributed by atoms with van der Waals surface area (Å²) in [6.45, 7) is 3.28. The number of nitrogens with one attached hydrogen (secondary N) is 1. The van der Waals surface area contributed by atoms with Crippen molar-refractivity contribution in [1.82, 2.24) is 10.2 Å². The van der Waals surface area contributed by atoms with E-state index in [9.17, 15) is 13.2 Å². The van der Waals surface area contributed by atoms with Gasteiger partial charge in [-0.05, 0) is 29.6 Å². The van der Waals surface area contributed by atoms with Crippen molar-refractivity contribution in [2.24, 2.45) is 0 Å². The number of rotatable bonds is 5. The Balaban J connectivity index is 2.02. The fraction of sp³-hybridized carbons (Fsp3) is 0.412. The Morgan fingerprint density at radius 3 is 2.56 bits per heavy atom. The molecule has 3 rings (SSSR count). The van der Waals surface area contributed by atoms with Gasteiger partial charge in [-0.15, -0.1) is 24.5 Å². The van der Waals surface area contributed by atoms with E-state index in [2.05, 4.69) is 15.0 Å². The lowest BCUT2D eigenvalue weighted by atomic mass is 10.0. The molecule has 2 aromatic rings. The van der Waals surface area contributed by atoms with Gasteiger partial charge in [-0.25, -0.2) is 0 Å². The zero-order chi connectivity index (χ0) is 17.9. The lowest BCUT2D eigenvalue weighted by Gasteiger charge is -2.35. The molecule has 1 aromatic heterocycles. The van der Waals surface area contributed by atoms with Crippen LogP contribution in [0.5, 0.6) is 11.5 Å². The first-order valence-corrected chi connectivity index (χ1v) is 8.78. The Morgan fingerprint density at radius 1 is 1.20 bits per heavy atom. The highest BCUT2D eigenvalue weighted by Gasteiger charge is 2.33. The molecule has 0 bridgehead atoms. The molecule has 1 saturated heterocycles. The van der Waals surface area contributed by atoms with Crippen molar-refractivity contribution in [2.75, 3.05) is 33.3 Å². The third kappa shape index (κ3) is 4.45. The van der Waals surface area contributed by atoms with E-state index in [0.29, 0.717) is 11.3 Å². The largest absolute Gasteiger partial charge is 0.573 e. The van der Waals surface area contributed by atoms with Gasteiger partial charge in [0, 0.05) is 36.6 Å². The molecule has 1 N–H and O–H groups in total. The van der Waals surface area contributed by atoms with Gasteiger partial charge in [0.15, 0.2) is 0 Å². The average Bonchev–Trinajstić information content (AvgIpc) is 3.09. The zero-order valence-electron chi connectivity index (χ0n) is 13.7. The Hall–Kier alpha value is -1.77. The fourth-order valence-electron chi connectivity index (χ4n) is 3.04. The van der Waals surface area contributed by atoms with Crippen LogP contribution in [-0.2, 0) is 0 Å². The van der Waals surface area contributed by atoms with E-state index in [-0.39, 0.29) is 11.8 Å². The van der Waals surface area contributed by atoms with Crippen molar-refractivity contribution in [3.05, 3.63) is 46.2 Å². The van der Waals surface area contributed by atoms with Crippen LogP contribution in [0.4, 0.5) is 13.2 Å². The number of methoxy groups -OCH3 is 1. The van der Waals surface area contributed by atoms with E-state index >= 15 is 0 Å². The summed E-state index contributed by atoms with van der Waals surface area (Å²) in [6, 6.07) is 8.00. The van der Waals surface area contributed by atoms with E-state index in [1.54, 1.807) is 11.3 Å². The van der Waals surface area contributed by atoms with Crippen LogP contribution >= 0.6 is 11.3 Å². The Kier molecular flexibility index (Phi) is 5.51. The second-order valence-corrected chi connectivity index (χ2v) is 6.63. The van der Waals surface area contributed by atoms with Gasteiger partial charge in [-0.1, -0.05) is 6.07 Å². The first-order chi connectivity index (χ1) is 12.0. The minimum Gasteiger partial charge on any atom is -0.496 e. The highest BCUT2D eigenvalue weighted by molar-refractivity contribution is 7.10. The number of nitrogens with zero attached hydrogens (tertiary/aromatic N) is 1. The molecule has 1 aliphatic heterocycles. The summed E-state index contributed by atoms with van der Waals surface area (Å²) >= 11 is 1.58. The second kappa shape index (κ2) is 7.63. The second-order valence-electron chi connectivity index (χ2n) is 5.66. The van der Waals surface area contributed by atoms with Gasteiger partial charge in [-0.2, -0.15) is 0 Å². The molecular weight excluding hydrogens is 353 g/mol. The lowest BCUT2D eigenvalue weighted by molar-refractivity contribution is -0.274. The van der Waals surface area contributed by atoms with Crippen molar-refractivity contribution in [3.63, 3.8) is 0 Å². The molecule has 25 heavy (non-hydrogen) atoms. The molecule has 136 valence electrons. The van der Waals surface area contributed by atoms with Crippen LogP contribution in [0.2, 0.25) is 0 Å². The predicted molar refractivity (Wildman–Crippen MR) is 90.3 cm³/mol. The standard InChI is InChI=1S/C17H19F3N2O2S/c1-23-14-5-4-12(24-17(18,19)20)11-13(14)16(15-3-2-10-25-15)22-8-6-21-7-9-22/h2-5,10-11,16,21H,6-9H2,1H3/t16-/m1/s1. The van der Waals surface area contributed by atoms with E-state index in [4.69, 9.17) is 4.74 Å². The van der Waals surface area contributed by atoms with Crippen molar-refractivity contribution in [2.45, 2.75) is 12.4 Å². The van der Waals surface area contributed by atoms with Crippen LogP contribution in [-0.4, -0.2) is 44.6 Å². The van der Waals surface area contributed by atoms with Gasteiger partial charge < -0.3 is 14.8 Å². The van der Waals surface area contributed by atoms with Crippen LogP contribution < -0.4 is 14.8 Å². The number of hydrogen-bond donors (Lipinski definition) is 1. The van der Waals surface area contributed by atoms with E-state index < -0.39 is 6.36 Å². The fourth-order valence-corrected chi connectivity index (χ4v) is 3.92. The van der Waals surface area contributed by atoms with Gasteiger partial charge in [0.2, 0.25) is 0 Å². The van der Waals surface area contributed by atoms with Gasteiger partial charge in [0.25, 0.3) is 0 Å². The molecule has 8 heteroatoms. The van der Waals surface area contributed by atoms with Crippen molar-refractivity contribution >= 4 is 11.3 Å². The topological polar surface area (TPSA) is 33.7 Å². The van der Waals surface area contributed by atoms with Gasteiger partial charge >= 0.3 is 6.36 Å². The predicted octanol–water partition coefficient (Wildman–Crippen LogP) is 3.65. The summed E-state index contributed by atoms with van der Waals surface area (Å²) in [5.74, 6) is 0.312. The summed E-state index contributed by atoms with van der Waals surface area (Å²) in [5, 5.41) is 5.26. The highest BCUT2D eigenvalue weighted by Crippen LogP contribution is 2.39. The Labute approximate surface area is 148 Å². The van der Waals surface area contributed by atoms with Gasteiger partial charge in [0.05, 0.1) is 13.2 Å². The quantitative estimate of drug-likeness (QED) is 0.869. The maximum atomic E-state index is 12.6. The lowest BCUT2D eigenvalue weighted by Crippen LogP contribution is -2.45. The van der Waals surface area contributed by atoms with E-state index in [1.807, 2.05) is 17.5 Å². The summed E-state index contributed by atoms with van der Waals surface area (Å²) in [7, 11) is 1.52. The molecule has 2 heterocycles.